The maximum absolute atomic E-state index is 11.0. The highest BCUT2D eigenvalue weighted by Gasteiger charge is 2.11. The molecule has 0 aliphatic carbocycles. The van der Waals surface area contributed by atoms with Gasteiger partial charge in [-0.3, -0.25) is 9.48 Å². The van der Waals surface area contributed by atoms with Gasteiger partial charge in [-0.2, -0.15) is 5.10 Å². The molecule has 0 saturated heterocycles. The Morgan fingerprint density at radius 2 is 2.33 bits per heavy atom. The molecule has 0 saturated carbocycles. The minimum atomic E-state index is -0.0107. The monoisotopic (exact) mass is 210 g/mol. The molecule has 0 fully saturated rings. The number of aromatic nitrogens is 2. The Hall–Kier alpha value is -1.36. The van der Waals surface area contributed by atoms with Crippen LogP contribution in [-0.2, 0) is 11.8 Å². The number of hydrogen-bond acceptors (Lipinski definition) is 3. The van der Waals surface area contributed by atoms with Gasteiger partial charge in [-0.1, -0.05) is 0 Å². The maximum atomic E-state index is 11.0. The van der Waals surface area contributed by atoms with Crippen LogP contribution >= 0.6 is 0 Å². The molecule has 1 rings (SSSR count). The number of aryl methyl sites for hydroxylation is 2. The number of likely N-dealkylation sites (N-methyl/N-ethyl adjacent to an activating group) is 1. The van der Waals surface area contributed by atoms with E-state index >= 15 is 0 Å². The SMILES string of the molecule is CNC(=O)CNC(C)c1cn(C)nc1C. The topological polar surface area (TPSA) is 59.0 Å². The zero-order valence-electron chi connectivity index (χ0n) is 9.66. The Morgan fingerprint density at radius 3 is 2.80 bits per heavy atom. The highest BCUT2D eigenvalue weighted by atomic mass is 16.1. The molecule has 1 aromatic heterocycles. The van der Waals surface area contributed by atoms with Crippen molar-refractivity contribution in [2.75, 3.05) is 13.6 Å². The number of carbonyl (C=O) groups is 1. The Bertz CT molecular complexity index is 345. The standard InChI is InChI=1S/C10H18N4O/c1-7(12-5-10(15)11-3)9-6-14(4)13-8(9)2/h6-7,12H,5H2,1-4H3,(H,11,15). The summed E-state index contributed by atoms with van der Waals surface area (Å²) in [5, 5.41) is 9.96. The third-order valence-electron chi connectivity index (χ3n) is 2.37. The average Bonchev–Trinajstić information content (AvgIpc) is 2.53. The largest absolute Gasteiger partial charge is 0.358 e. The van der Waals surface area contributed by atoms with Gasteiger partial charge >= 0.3 is 0 Å². The molecule has 0 aromatic carbocycles. The van der Waals surface area contributed by atoms with Crippen molar-refractivity contribution in [2.24, 2.45) is 7.05 Å². The van der Waals surface area contributed by atoms with Gasteiger partial charge in [0.05, 0.1) is 12.2 Å². The van der Waals surface area contributed by atoms with Gasteiger partial charge in [0, 0.05) is 31.9 Å². The molecule has 15 heavy (non-hydrogen) atoms. The van der Waals surface area contributed by atoms with Crippen molar-refractivity contribution in [2.45, 2.75) is 19.9 Å². The van der Waals surface area contributed by atoms with E-state index in [-0.39, 0.29) is 11.9 Å². The van der Waals surface area contributed by atoms with Gasteiger partial charge in [-0.15, -0.1) is 0 Å². The highest BCUT2D eigenvalue weighted by Crippen LogP contribution is 2.14. The molecular weight excluding hydrogens is 192 g/mol. The van der Waals surface area contributed by atoms with E-state index in [4.69, 9.17) is 0 Å². The van der Waals surface area contributed by atoms with Gasteiger partial charge in [-0.25, -0.2) is 0 Å². The summed E-state index contributed by atoms with van der Waals surface area (Å²) in [7, 11) is 3.52. The summed E-state index contributed by atoms with van der Waals surface area (Å²) in [6, 6.07) is 0.135. The van der Waals surface area contributed by atoms with Crippen molar-refractivity contribution in [1.82, 2.24) is 20.4 Å². The highest BCUT2D eigenvalue weighted by molar-refractivity contribution is 5.77. The van der Waals surface area contributed by atoms with Crippen LogP contribution in [0.25, 0.3) is 0 Å². The molecule has 0 aliphatic rings. The first-order valence-electron chi connectivity index (χ1n) is 4.98. The van der Waals surface area contributed by atoms with Crippen LogP contribution in [0.4, 0.5) is 0 Å². The van der Waals surface area contributed by atoms with E-state index in [1.165, 1.54) is 0 Å². The predicted molar refractivity (Wildman–Crippen MR) is 58.4 cm³/mol. The Kier molecular flexibility index (Phi) is 3.85. The lowest BCUT2D eigenvalue weighted by Gasteiger charge is -2.11. The number of rotatable bonds is 4. The number of hydrogen-bond donors (Lipinski definition) is 2. The summed E-state index contributed by atoms with van der Waals surface area (Å²) >= 11 is 0. The van der Waals surface area contributed by atoms with Crippen molar-refractivity contribution in [3.8, 4) is 0 Å². The van der Waals surface area contributed by atoms with Crippen LogP contribution in [0, 0.1) is 6.92 Å². The summed E-state index contributed by atoms with van der Waals surface area (Å²) in [6.07, 6.45) is 1.97. The molecule has 1 atom stereocenters. The fourth-order valence-corrected chi connectivity index (χ4v) is 1.49. The van der Waals surface area contributed by atoms with Crippen LogP contribution < -0.4 is 10.6 Å². The lowest BCUT2D eigenvalue weighted by Crippen LogP contribution is -2.32. The van der Waals surface area contributed by atoms with E-state index in [0.717, 1.165) is 11.3 Å². The number of amides is 1. The maximum Gasteiger partial charge on any atom is 0.233 e. The van der Waals surface area contributed by atoms with Crippen LogP contribution in [-0.4, -0.2) is 29.3 Å². The summed E-state index contributed by atoms with van der Waals surface area (Å²) in [5.74, 6) is -0.0107. The third kappa shape index (κ3) is 3.06. The van der Waals surface area contributed by atoms with E-state index in [1.807, 2.05) is 27.1 Å². The van der Waals surface area contributed by atoms with Crippen molar-refractivity contribution in [3.63, 3.8) is 0 Å². The van der Waals surface area contributed by atoms with Crippen molar-refractivity contribution >= 4 is 5.91 Å². The first kappa shape index (κ1) is 11.7. The van der Waals surface area contributed by atoms with Gasteiger partial charge in [0.1, 0.15) is 0 Å². The predicted octanol–water partition coefficient (Wildman–Crippen LogP) is 0.125. The molecule has 84 valence electrons. The van der Waals surface area contributed by atoms with E-state index in [0.29, 0.717) is 6.54 Å². The lowest BCUT2D eigenvalue weighted by atomic mass is 10.1. The zero-order valence-corrected chi connectivity index (χ0v) is 9.66. The van der Waals surface area contributed by atoms with Crippen LogP contribution in [0.15, 0.2) is 6.20 Å². The summed E-state index contributed by atoms with van der Waals surface area (Å²) < 4.78 is 1.78. The molecule has 5 nitrogen and oxygen atoms in total. The molecular formula is C10H18N4O. The van der Waals surface area contributed by atoms with E-state index in [9.17, 15) is 4.79 Å². The molecule has 0 aliphatic heterocycles. The summed E-state index contributed by atoms with van der Waals surface area (Å²) in [4.78, 5) is 11.0. The zero-order chi connectivity index (χ0) is 11.4. The molecule has 2 N–H and O–H groups in total. The van der Waals surface area contributed by atoms with Crippen molar-refractivity contribution in [3.05, 3.63) is 17.5 Å². The van der Waals surface area contributed by atoms with Gasteiger partial charge in [0.25, 0.3) is 0 Å². The minimum absolute atomic E-state index is 0.0107. The Morgan fingerprint density at radius 1 is 1.67 bits per heavy atom. The normalized spacial score (nSPS) is 12.5. The van der Waals surface area contributed by atoms with Crippen LogP contribution in [0.1, 0.15) is 24.2 Å². The van der Waals surface area contributed by atoms with Gasteiger partial charge in [-0.05, 0) is 13.8 Å². The molecule has 1 aromatic rings. The van der Waals surface area contributed by atoms with Crippen molar-refractivity contribution < 1.29 is 4.79 Å². The molecule has 0 spiro atoms. The van der Waals surface area contributed by atoms with Crippen LogP contribution in [0.2, 0.25) is 0 Å². The summed E-state index contributed by atoms with van der Waals surface area (Å²) in [5.41, 5.74) is 2.12. The van der Waals surface area contributed by atoms with E-state index in [1.54, 1.807) is 11.7 Å². The molecule has 1 amide bonds. The van der Waals surface area contributed by atoms with E-state index in [2.05, 4.69) is 15.7 Å². The minimum Gasteiger partial charge on any atom is -0.358 e. The first-order valence-corrected chi connectivity index (χ1v) is 4.98. The Labute approximate surface area is 89.9 Å². The lowest BCUT2D eigenvalue weighted by molar-refractivity contribution is -0.119. The average molecular weight is 210 g/mol. The number of carbonyl (C=O) groups excluding carboxylic acids is 1. The third-order valence-corrected chi connectivity index (χ3v) is 2.37. The van der Waals surface area contributed by atoms with Crippen molar-refractivity contribution in [1.29, 1.82) is 0 Å². The molecule has 1 unspecified atom stereocenters. The first-order chi connectivity index (χ1) is 7.04. The second-order valence-electron chi connectivity index (χ2n) is 3.62. The van der Waals surface area contributed by atoms with Crippen LogP contribution in [0.5, 0.6) is 0 Å². The van der Waals surface area contributed by atoms with E-state index < -0.39 is 0 Å². The van der Waals surface area contributed by atoms with Crippen LogP contribution in [0.3, 0.4) is 0 Å². The van der Waals surface area contributed by atoms with Gasteiger partial charge < -0.3 is 10.6 Å². The molecule has 0 bridgehead atoms. The second-order valence-corrected chi connectivity index (χ2v) is 3.62. The fourth-order valence-electron chi connectivity index (χ4n) is 1.49. The second kappa shape index (κ2) is 4.93. The smallest absolute Gasteiger partial charge is 0.233 e. The molecule has 5 heteroatoms. The quantitative estimate of drug-likeness (QED) is 0.742. The summed E-state index contributed by atoms with van der Waals surface area (Å²) in [6.45, 7) is 4.31. The molecule has 1 heterocycles. The Balaban J connectivity index is 2.57. The number of nitrogens with one attached hydrogen (secondary N) is 2. The number of nitrogens with zero attached hydrogens (tertiary/aromatic N) is 2. The fraction of sp³-hybridized carbons (Fsp3) is 0.600. The van der Waals surface area contributed by atoms with Gasteiger partial charge in [0.15, 0.2) is 0 Å². The van der Waals surface area contributed by atoms with Gasteiger partial charge in [0.2, 0.25) is 5.91 Å². The molecule has 0 radical (unpaired) electrons.